The van der Waals surface area contributed by atoms with E-state index in [1.807, 2.05) is 0 Å². The Labute approximate surface area is 189 Å². The Hall–Kier alpha value is -3.41. The number of hydrogen-bond acceptors (Lipinski definition) is 9. The number of carbonyl (C=O) groups is 1. The highest BCUT2D eigenvalue weighted by Gasteiger charge is 2.37. The summed E-state index contributed by atoms with van der Waals surface area (Å²) < 4.78 is 38.4. The molecule has 0 radical (unpaired) electrons. The monoisotopic (exact) mass is 471 g/mol. The molecule has 3 aromatic heterocycles. The number of anilines is 3. The molecule has 5 rings (SSSR count). The first kappa shape index (κ1) is 21.4. The van der Waals surface area contributed by atoms with E-state index in [1.54, 1.807) is 12.1 Å². The lowest BCUT2D eigenvalue weighted by atomic mass is 10.1. The third-order valence-electron chi connectivity index (χ3n) is 5.46. The quantitative estimate of drug-likeness (QED) is 0.428. The van der Waals surface area contributed by atoms with E-state index in [9.17, 15) is 17.6 Å². The molecule has 0 spiro atoms. The van der Waals surface area contributed by atoms with E-state index in [2.05, 4.69) is 30.7 Å². The summed E-state index contributed by atoms with van der Waals surface area (Å²) in [6.07, 6.45) is 8.86. The number of rotatable bonds is 10. The fraction of sp³-hybridized carbons (Fsp3) is 0.381. The Kier molecular flexibility index (Phi) is 5.52. The molecular weight excluding hydrogens is 449 g/mol. The molecule has 0 saturated heterocycles. The van der Waals surface area contributed by atoms with Gasteiger partial charge in [0.25, 0.3) is 10.0 Å². The van der Waals surface area contributed by atoms with Crippen molar-refractivity contribution >= 4 is 33.1 Å². The summed E-state index contributed by atoms with van der Waals surface area (Å²) in [7, 11) is -3.47. The van der Waals surface area contributed by atoms with E-state index in [0.29, 0.717) is 47.1 Å². The third kappa shape index (κ3) is 4.56. The number of alkyl halides is 1. The van der Waals surface area contributed by atoms with Crippen LogP contribution < -0.4 is 10.6 Å². The third-order valence-corrected chi connectivity index (χ3v) is 7.50. The molecule has 0 aromatic carbocycles. The van der Waals surface area contributed by atoms with Crippen LogP contribution in [0.25, 0.3) is 11.4 Å². The van der Waals surface area contributed by atoms with Crippen molar-refractivity contribution in [1.82, 2.24) is 24.1 Å². The Bertz CT molecular complexity index is 1300. The molecule has 2 aliphatic carbocycles. The molecule has 2 saturated carbocycles. The van der Waals surface area contributed by atoms with E-state index in [-0.39, 0.29) is 23.5 Å². The number of halogens is 1. The zero-order chi connectivity index (χ0) is 23.0. The Morgan fingerprint density at radius 1 is 1.15 bits per heavy atom. The molecule has 0 amide bonds. The Balaban J connectivity index is 1.37. The van der Waals surface area contributed by atoms with Gasteiger partial charge in [0.15, 0.2) is 11.6 Å². The zero-order valence-electron chi connectivity index (χ0n) is 17.6. The van der Waals surface area contributed by atoms with Crippen LogP contribution in [-0.4, -0.2) is 56.8 Å². The number of aromatic nitrogens is 5. The predicted octanol–water partition coefficient (Wildman–Crippen LogP) is 2.79. The second-order valence-electron chi connectivity index (χ2n) is 8.11. The number of carbonyl (C=O) groups excluding carboxylic acids is 1. The van der Waals surface area contributed by atoms with E-state index < -0.39 is 16.7 Å². The highest BCUT2D eigenvalue weighted by atomic mass is 32.2. The summed E-state index contributed by atoms with van der Waals surface area (Å²) in [6, 6.07) is 3.28. The smallest absolute Gasteiger partial charge is 0.256 e. The number of pyridine rings is 1. The maximum Gasteiger partial charge on any atom is 0.256 e. The minimum Gasteiger partial charge on any atom is -0.382 e. The highest BCUT2D eigenvalue weighted by molar-refractivity contribution is 7.90. The first-order valence-electron chi connectivity index (χ1n) is 10.7. The van der Waals surface area contributed by atoms with Crippen LogP contribution in [0.1, 0.15) is 36.0 Å². The molecule has 0 atom stereocenters. The molecule has 172 valence electrons. The Morgan fingerprint density at radius 2 is 1.97 bits per heavy atom. The summed E-state index contributed by atoms with van der Waals surface area (Å²) in [5.41, 5.74) is 1.43. The van der Waals surface area contributed by atoms with E-state index in [4.69, 9.17) is 0 Å². The lowest BCUT2D eigenvalue weighted by Gasteiger charge is -2.12. The molecule has 3 heterocycles. The van der Waals surface area contributed by atoms with Gasteiger partial charge in [0.05, 0.1) is 34.5 Å². The summed E-state index contributed by atoms with van der Waals surface area (Å²) >= 11 is 0. The van der Waals surface area contributed by atoms with Gasteiger partial charge in [-0.15, -0.1) is 0 Å². The summed E-state index contributed by atoms with van der Waals surface area (Å²) in [6.45, 7) is -0.485. The summed E-state index contributed by atoms with van der Waals surface area (Å²) in [5, 5.41) is 9.59. The van der Waals surface area contributed by atoms with Crippen LogP contribution in [-0.2, 0) is 10.0 Å². The van der Waals surface area contributed by atoms with Gasteiger partial charge >= 0.3 is 0 Å². The number of nitrogens with zero attached hydrogens (tertiary/aromatic N) is 5. The van der Waals surface area contributed by atoms with Crippen molar-refractivity contribution in [3.05, 3.63) is 42.5 Å². The van der Waals surface area contributed by atoms with Gasteiger partial charge in [-0.1, -0.05) is 0 Å². The summed E-state index contributed by atoms with van der Waals surface area (Å²) in [5.74, 6) is 1.17. The number of hydrogen-bond donors (Lipinski definition) is 2. The number of Topliss-reactive ketones (excluding diaryl/α,β-unsaturated/α-hetero) is 1. The first-order chi connectivity index (χ1) is 16.0. The standard InChI is InChI=1S/C21H22FN7O3S/c22-6-8-23-17-9-19(25-11-16(17)20(30)13-1-2-13)27-18-5-7-24-21(28-18)14-10-26-29(12-14)33(31,32)15-3-4-15/h5,7,9-13,15H,1-4,6,8H2,(H2,23,24,25,27,28). The fourth-order valence-corrected chi connectivity index (χ4v) is 4.87. The van der Waals surface area contributed by atoms with Crippen LogP contribution in [0.3, 0.4) is 0 Å². The van der Waals surface area contributed by atoms with Crippen molar-refractivity contribution in [3.63, 3.8) is 0 Å². The van der Waals surface area contributed by atoms with Crippen molar-refractivity contribution in [2.24, 2.45) is 5.92 Å². The molecule has 12 heteroatoms. The van der Waals surface area contributed by atoms with Gasteiger partial charge in [-0.25, -0.2) is 27.8 Å². The van der Waals surface area contributed by atoms with E-state index >= 15 is 0 Å². The minimum absolute atomic E-state index is 0.0119. The Morgan fingerprint density at radius 3 is 2.70 bits per heavy atom. The van der Waals surface area contributed by atoms with Gasteiger partial charge in [0.2, 0.25) is 0 Å². The van der Waals surface area contributed by atoms with Crippen LogP contribution in [0.5, 0.6) is 0 Å². The van der Waals surface area contributed by atoms with Crippen LogP contribution in [0.2, 0.25) is 0 Å². The average Bonchev–Trinajstić information content (AvgIpc) is 3.75. The lowest BCUT2D eigenvalue weighted by Crippen LogP contribution is -2.17. The van der Waals surface area contributed by atoms with Gasteiger partial charge < -0.3 is 10.6 Å². The SMILES string of the molecule is O=C(c1cnc(Nc2ccnc(-c3cnn(S(=O)(=O)C4CC4)c3)n2)cc1NCCF)C1CC1. The maximum atomic E-state index is 12.7. The largest absolute Gasteiger partial charge is 0.382 e. The molecule has 10 nitrogen and oxygen atoms in total. The second kappa shape index (κ2) is 8.50. The second-order valence-corrected chi connectivity index (χ2v) is 10.2. The lowest BCUT2D eigenvalue weighted by molar-refractivity contribution is 0.0968. The molecule has 2 N–H and O–H groups in total. The van der Waals surface area contributed by atoms with Crippen LogP contribution in [0.4, 0.5) is 21.7 Å². The van der Waals surface area contributed by atoms with Crippen LogP contribution in [0.15, 0.2) is 36.9 Å². The highest BCUT2D eigenvalue weighted by Crippen LogP contribution is 2.35. The van der Waals surface area contributed by atoms with Crippen molar-refractivity contribution in [1.29, 1.82) is 0 Å². The molecule has 3 aromatic rings. The normalized spacial score (nSPS) is 15.9. The molecule has 2 fully saturated rings. The van der Waals surface area contributed by atoms with E-state index in [0.717, 1.165) is 16.9 Å². The van der Waals surface area contributed by atoms with Gasteiger partial charge in [0, 0.05) is 30.9 Å². The van der Waals surface area contributed by atoms with Crippen molar-refractivity contribution in [2.45, 2.75) is 30.9 Å². The molecule has 2 aliphatic rings. The van der Waals surface area contributed by atoms with Crippen LogP contribution >= 0.6 is 0 Å². The first-order valence-corrected chi connectivity index (χ1v) is 12.2. The van der Waals surface area contributed by atoms with Gasteiger partial charge in [-0.3, -0.25) is 4.79 Å². The van der Waals surface area contributed by atoms with Gasteiger partial charge in [-0.2, -0.15) is 9.19 Å². The molecule has 33 heavy (non-hydrogen) atoms. The minimum atomic E-state index is -3.47. The number of ketones is 1. The van der Waals surface area contributed by atoms with Crippen molar-refractivity contribution < 1.29 is 17.6 Å². The zero-order valence-corrected chi connectivity index (χ0v) is 18.4. The molecule has 0 unspecified atom stereocenters. The summed E-state index contributed by atoms with van der Waals surface area (Å²) in [4.78, 5) is 25.5. The fourth-order valence-electron chi connectivity index (χ4n) is 3.39. The molecule has 0 bridgehead atoms. The van der Waals surface area contributed by atoms with E-state index in [1.165, 1.54) is 24.8 Å². The molecule has 0 aliphatic heterocycles. The van der Waals surface area contributed by atoms with Crippen LogP contribution in [0, 0.1) is 5.92 Å². The maximum absolute atomic E-state index is 12.7. The molecular formula is C21H22FN7O3S. The average molecular weight is 472 g/mol. The topological polar surface area (TPSA) is 132 Å². The van der Waals surface area contributed by atoms with Gasteiger partial charge in [0.1, 0.15) is 18.3 Å². The predicted molar refractivity (Wildman–Crippen MR) is 120 cm³/mol. The number of nitrogens with one attached hydrogen (secondary N) is 2. The van der Waals surface area contributed by atoms with Gasteiger partial charge in [-0.05, 0) is 31.7 Å². The van der Waals surface area contributed by atoms with Crippen molar-refractivity contribution in [3.8, 4) is 11.4 Å². The van der Waals surface area contributed by atoms with Crippen molar-refractivity contribution in [2.75, 3.05) is 23.9 Å².